The van der Waals surface area contributed by atoms with Crippen molar-refractivity contribution in [2.24, 2.45) is 5.73 Å². The van der Waals surface area contributed by atoms with Crippen LogP contribution in [0.1, 0.15) is 59.1 Å². The van der Waals surface area contributed by atoms with Crippen molar-refractivity contribution in [3.05, 3.63) is 120 Å². The molecule has 16 heteroatoms. The molecule has 6 unspecified atom stereocenters. The van der Waals surface area contributed by atoms with Crippen LogP contribution in [0.15, 0.2) is 97.3 Å². The molecule has 3 heterocycles. The van der Waals surface area contributed by atoms with E-state index in [0.717, 1.165) is 16.7 Å². The maximum absolute atomic E-state index is 13.5. The van der Waals surface area contributed by atoms with Crippen molar-refractivity contribution >= 4 is 24.1 Å². The fourth-order valence-electron chi connectivity index (χ4n) is 5.82. The van der Waals surface area contributed by atoms with E-state index in [1.165, 1.54) is 11.0 Å². The van der Waals surface area contributed by atoms with E-state index in [9.17, 15) is 19.2 Å². The summed E-state index contributed by atoms with van der Waals surface area (Å²) in [6.07, 6.45) is -2.81. The van der Waals surface area contributed by atoms with Crippen molar-refractivity contribution < 1.29 is 47.6 Å². The molecule has 0 spiro atoms. The molecule has 0 bridgehead atoms. The molecule has 2 saturated heterocycles. The molecule has 2 aliphatic rings. The number of unbranched alkanes of at least 4 members (excludes halogenated alkanes) is 1. The number of hydrogen-bond donors (Lipinski definition) is 3. The maximum Gasteiger partial charge on any atom is 0.408 e. The Morgan fingerprint density at radius 2 is 1.40 bits per heavy atom. The van der Waals surface area contributed by atoms with E-state index in [1.807, 2.05) is 91.0 Å². The lowest BCUT2D eigenvalue weighted by Gasteiger charge is -2.22. The Morgan fingerprint density at radius 1 is 0.774 bits per heavy atom. The number of benzene rings is 3. The molecule has 278 valence electrons. The van der Waals surface area contributed by atoms with Gasteiger partial charge in [0.15, 0.2) is 12.5 Å². The van der Waals surface area contributed by atoms with Gasteiger partial charge < -0.3 is 44.8 Å². The first kappa shape index (κ1) is 36.9. The van der Waals surface area contributed by atoms with Gasteiger partial charge in [-0.3, -0.25) is 4.79 Å². The fraction of sp³-hybridized carbons (Fsp3) is 0.351. The highest BCUT2D eigenvalue weighted by Crippen LogP contribution is 2.44. The van der Waals surface area contributed by atoms with Crippen LogP contribution in [-0.4, -0.2) is 76.3 Å². The average Bonchev–Trinajstić information content (AvgIpc) is 3.93. The fourth-order valence-corrected chi connectivity index (χ4v) is 5.82. The quantitative estimate of drug-likeness (QED) is 0.0859. The smallest absolute Gasteiger partial charge is 0.408 e. The van der Waals surface area contributed by atoms with E-state index in [-0.39, 0.29) is 38.6 Å². The van der Waals surface area contributed by atoms with Crippen LogP contribution < -0.4 is 16.4 Å². The van der Waals surface area contributed by atoms with Crippen LogP contribution in [0.25, 0.3) is 0 Å². The minimum atomic E-state index is -1.08. The summed E-state index contributed by atoms with van der Waals surface area (Å²) in [6, 6.07) is 26.6. The van der Waals surface area contributed by atoms with Gasteiger partial charge in [-0.15, -0.1) is 5.10 Å². The number of esters is 1. The van der Waals surface area contributed by atoms with Gasteiger partial charge in [-0.2, -0.15) is 0 Å². The molecule has 3 aromatic carbocycles. The number of nitrogens with one attached hydrogen (secondary N) is 2. The lowest BCUT2D eigenvalue weighted by atomic mass is 10.1. The number of carbonyl (C=O) groups excluding carboxylic acids is 4. The van der Waals surface area contributed by atoms with Crippen LogP contribution in [-0.2, 0) is 46.4 Å². The van der Waals surface area contributed by atoms with E-state index in [0.29, 0.717) is 12.8 Å². The zero-order valence-electron chi connectivity index (χ0n) is 28.7. The number of fused-ring (bicyclic) bond motifs is 1. The lowest BCUT2D eigenvalue weighted by molar-refractivity contribution is -0.169. The Balaban J connectivity index is 1.06. The normalized spacial score (nSPS) is 20.9. The number of primary amides is 1. The van der Waals surface area contributed by atoms with E-state index in [1.54, 1.807) is 0 Å². The molecule has 4 N–H and O–H groups in total. The Labute approximate surface area is 304 Å². The third-order valence-electron chi connectivity index (χ3n) is 8.49. The van der Waals surface area contributed by atoms with Crippen LogP contribution in [0.3, 0.4) is 0 Å². The molecule has 6 atom stereocenters. The largest absolute Gasteiger partial charge is 0.461 e. The SMILES string of the molecule is NC(=O)c1ncn(C2OC(COC(=O)C(CCCCNC(=O)OCc3ccccc3)NC(=O)OCc3ccccc3)C3OC(c4ccccc4)OC32)n1. The van der Waals surface area contributed by atoms with Crippen molar-refractivity contribution in [3.63, 3.8) is 0 Å². The molecular weight excluding hydrogens is 688 g/mol. The van der Waals surface area contributed by atoms with Crippen molar-refractivity contribution in [2.45, 2.75) is 69.3 Å². The highest BCUT2D eigenvalue weighted by molar-refractivity contribution is 5.88. The van der Waals surface area contributed by atoms with Crippen LogP contribution in [0.2, 0.25) is 0 Å². The molecule has 6 rings (SSSR count). The van der Waals surface area contributed by atoms with Gasteiger partial charge in [0.05, 0.1) is 0 Å². The molecule has 1 aromatic heterocycles. The minimum absolute atomic E-state index is 0.00347. The third kappa shape index (κ3) is 10.2. The molecule has 0 radical (unpaired) electrons. The molecule has 0 aliphatic carbocycles. The second-order valence-corrected chi connectivity index (χ2v) is 12.3. The van der Waals surface area contributed by atoms with Gasteiger partial charge in [0.1, 0.15) is 50.5 Å². The van der Waals surface area contributed by atoms with E-state index in [2.05, 4.69) is 20.7 Å². The van der Waals surface area contributed by atoms with Crippen LogP contribution in [0, 0.1) is 0 Å². The predicted octanol–water partition coefficient (Wildman–Crippen LogP) is 3.69. The number of ether oxygens (including phenoxy) is 6. The average molecular weight is 729 g/mol. The minimum Gasteiger partial charge on any atom is -0.461 e. The van der Waals surface area contributed by atoms with Gasteiger partial charge in [0.25, 0.3) is 5.91 Å². The standard InChI is InChI=1S/C37H40N6O10/c38-31(44)32-40-23-43(42-32)33-30-29(52-35(53-30)26-16-8-3-9-17-26)28(51-33)22-48-34(45)27(41-37(47)50-21-25-14-6-2-7-15-25)18-10-11-19-39-36(46)49-20-24-12-4-1-5-13-24/h1-9,12-17,23,27-30,33,35H,10-11,18-22H2,(H2,38,44)(H,39,46)(H,41,47). The molecule has 53 heavy (non-hydrogen) atoms. The Hall–Kier alpha value is -5.84. The number of amides is 3. The number of nitrogens with two attached hydrogens (primary N) is 1. The summed E-state index contributed by atoms with van der Waals surface area (Å²) in [7, 11) is 0. The van der Waals surface area contributed by atoms with Crippen LogP contribution >= 0.6 is 0 Å². The third-order valence-corrected chi connectivity index (χ3v) is 8.49. The first-order valence-corrected chi connectivity index (χ1v) is 17.1. The van der Waals surface area contributed by atoms with Gasteiger partial charge in [0, 0.05) is 12.1 Å². The first-order valence-electron chi connectivity index (χ1n) is 17.1. The summed E-state index contributed by atoms with van der Waals surface area (Å²) in [6.45, 7) is 0.169. The summed E-state index contributed by atoms with van der Waals surface area (Å²) in [5, 5.41) is 9.43. The van der Waals surface area contributed by atoms with E-state index < -0.39 is 60.9 Å². The molecule has 0 saturated carbocycles. The number of alkyl carbamates (subject to hydrolysis) is 2. The zero-order chi connectivity index (χ0) is 37.0. The lowest BCUT2D eigenvalue weighted by Crippen LogP contribution is -2.43. The second kappa shape index (κ2) is 18.1. The summed E-state index contributed by atoms with van der Waals surface area (Å²) in [5.41, 5.74) is 7.76. The molecule has 2 fully saturated rings. The first-order chi connectivity index (χ1) is 25.8. The van der Waals surface area contributed by atoms with Crippen LogP contribution in [0.5, 0.6) is 0 Å². The zero-order valence-corrected chi connectivity index (χ0v) is 28.7. The van der Waals surface area contributed by atoms with Crippen LogP contribution in [0.4, 0.5) is 9.59 Å². The number of nitrogens with zero attached hydrogens (tertiary/aromatic N) is 3. The van der Waals surface area contributed by atoms with E-state index >= 15 is 0 Å². The van der Waals surface area contributed by atoms with Gasteiger partial charge >= 0.3 is 18.2 Å². The van der Waals surface area contributed by atoms with Gasteiger partial charge in [-0.1, -0.05) is 91.0 Å². The summed E-state index contributed by atoms with van der Waals surface area (Å²) in [4.78, 5) is 54.1. The molecular formula is C37H40N6O10. The Kier molecular flexibility index (Phi) is 12.6. The highest BCUT2D eigenvalue weighted by Gasteiger charge is 2.54. The van der Waals surface area contributed by atoms with E-state index in [4.69, 9.17) is 34.2 Å². The number of carbonyl (C=O) groups is 4. The van der Waals surface area contributed by atoms with Gasteiger partial charge in [-0.05, 0) is 30.4 Å². The number of aromatic nitrogens is 3. The molecule has 4 aromatic rings. The Bertz CT molecular complexity index is 1810. The van der Waals surface area contributed by atoms with Crippen molar-refractivity contribution in [3.8, 4) is 0 Å². The predicted molar refractivity (Wildman–Crippen MR) is 184 cm³/mol. The molecule has 2 aliphatic heterocycles. The molecule has 16 nitrogen and oxygen atoms in total. The molecule has 3 amide bonds. The monoisotopic (exact) mass is 728 g/mol. The second-order valence-electron chi connectivity index (χ2n) is 12.3. The van der Waals surface area contributed by atoms with Crippen molar-refractivity contribution in [2.75, 3.05) is 13.2 Å². The van der Waals surface area contributed by atoms with Crippen molar-refractivity contribution in [1.29, 1.82) is 0 Å². The van der Waals surface area contributed by atoms with Crippen molar-refractivity contribution in [1.82, 2.24) is 25.4 Å². The number of rotatable bonds is 16. The summed E-state index contributed by atoms with van der Waals surface area (Å²) in [5.74, 6) is -1.74. The highest BCUT2D eigenvalue weighted by atomic mass is 16.8. The number of hydrogen-bond acceptors (Lipinski definition) is 12. The maximum atomic E-state index is 13.5. The van der Waals surface area contributed by atoms with Gasteiger partial charge in [-0.25, -0.2) is 24.0 Å². The topological polar surface area (TPSA) is 204 Å². The Morgan fingerprint density at radius 3 is 2.04 bits per heavy atom. The summed E-state index contributed by atoms with van der Waals surface area (Å²) >= 11 is 0. The van der Waals surface area contributed by atoms with Gasteiger partial charge in [0.2, 0.25) is 5.82 Å². The summed E-state index contributed by atoms with van der Waals surface area (Å²) < 4.78 is 36.3.